The first-order chi connectivity index (χ1) is 10.2. The summed E-state index contributed by atoms with van der Waals surface area (Å²) < 4.78 is 0. The number of aliphatic hydroxyl groups is 1. The molecule has 0 bridgehead atoms. The number of hydrogen-bond donors (Lipinski definition) is 1. The molecule has 2 aromatic carbocycles. The van der Waals surface area contributed by atoms with Gasteiger partial charge in [-0.05, 0) is 35.4 Å². The van der Waals surface area contributed by atoms with E-state index >= 15 is 0 Å². The van der Waals surface area contributed by atoms with Crippen molar-refractivity contribution in [3.8, 4) is 0 Å². The van der Waals surface area contributed by atoms with Gasteiger partial charge in [0.15, 0.2) is 0 Å². The first-order valence-electron chi connectivity index (χ1n) is 8.02. The molecule has 118 valence electrons. The van der Waals surface area contributed by atoms with Gasteiger partial charge in [0.25, 0.3) is 0 Å². The molecule has 0 heterocycles. The second-order valence-electron chi connectivity index (χ2n) is 7.71. The molecule has 0 radical (unpaired) electrons. The summed E-state index contributed by atoms with van der Waals surface area (Å²) in [7, 11) is 0. The Morgan fingerprint density at radius 3 is 2.00 bits per heavy atom. The molecule has 0 saturated heterocycles. The highest BCUT2D eigenvalue weighted by molar-refractivity contribution is 5.34. The number of rotatable bonds is 4. The maximum absolute atomic E-state index is 9.97. The van der Waals surface area contributed by atoms with E-state index in [9.17, 15) is 5.11 Å². The molecule has 0 fully saturated rings. The van der Waals surface area contributed by atoms with Crippen LogP contribution in [-0.4, -0.2) is 11.7 Å². The summed E-state index contributed by atoms with van der Waals surface area (Å²) in [5, 5.41) is 9.97. The van der Waals surface area contributed by atoms with E-state index < -0.39 is 0 Å². The molecule has 1 nitrogen and oxygen atoms in total. The molecule has 0 aliphatic carbocycles. The molecule has 0 saturated carbocycles. The van der Waals surface area contributed by atoms with Crippen LogP contribution in [0.5, 0.6) is 0 Å². The van der Waals surface area contributed by atoms with Crippen LogP contribution in [0.2, 0.25) is 0 Å². The molecule has 0 amide bonds. The van der Waals surface area contributed by atoms with E-state index in [-0.39, 0.29) is 17.4 Å². The van der Waals surface area contributed by atoms with Crippen molar-refractivity contribution in [3.63, 3.8) is 0 Å². The summed E-state index contributed by atoms with van der Waals surface area (Å²) >= 11 is 0. The number of benzene rings is 2. The third kappa shape index (κ3) is 3.78. The van der Waals surface area contributed by atoms with Crippen molar-refractivity contribution < 1.29 is 5.11 Å². The van der Waals surface area contributed by atoms with E-state index in [2.05, 4.69) is 83.1 Å². The van der Waals surface area contributed by atoms with Crippen LogP contribution in [0.1, 0.15) is 49.9 Å². The molecule has 22 heavy (non-hydrogen) atoms. The molecule has 1 unspecified atom stereocenters. The Kier molecular flexibility index (Phi) is 4.77. The second-order valence-corrected chi connectivity index (χ2v) is 7.71. The van der Waals surface area contributed by atoms with Crippen molar-refractivity contribution in [2.75, 3.05) is 6.61 Å². The molecule has 1 atom stereocenters. The van der Waals surface area contributed by atoms with Crippen LogP contribution < -0.4 is 0 Å². The molecule has 1 heteroatoms. The summed E-state index contributed by atoms with van der Waals surface area (Å²) in [6, 6.07) is 17.3. The van der Waals surface area contributed by atoms with Crippen LogP contribution >= 0.6 is 0 Å². The zero-order chi connectivity index (χ0) is 16.4. The largest absolute Gasteiger partial charge is 0.395 e. The van der Waals surface area contributed by atoms with E-state index in [0.717, 1.165) is 6.42 Å². The van der Waals surface area contributed by atoms with Crippen molar-refractivity contribution in [2.24, 2.45) is 0 Å². The van der Waals surface area contributed by atoms with Gasteiger partial charge in [-0.15, -0.1) is 0 Å². The Labute approximate surface area is 135 Å². The fraction of sp³-hybridized carbons (Fsp3) is 0.429. The average molecular weight is 296 g/mol. The fourth-order valence-electron chi connectivity index (χ4n) is 2.84. The zero-order valence-corrected chi connectivity index (χ0v) is 14.5. The van der Waals surface area contributed by atoms with Crippen LogP contribution in [0.4, 0.5) is 0 Å². The predicted molar refractivity (Wildman–Crippen MR) is 94.5 cm³/mol. The van der Waals surface area contributed by atoms with Crippen molar-refractivity contribution in [1.29, 1.82) is 0 Å². The van der Waals surface area contributed by atoms with Crippen molar-refractivity contribution >= 4 is 0 Å². The minimum Gasteiger partial charge on any atom is -0.395 e. The normalized spacial score (nSPS) is 14.6. The highest BCUT2D eigenvalue weighted by Crippen LogP contribution is 2.30. The van der Waals surface area contributed by atoms with Gasteiger partial charge in [0.2, 0.25) is 0 Å². The van der Waals surface area contributed by atoms with E-state index in [1.165, 1.54) is 22.3 Å². The predicted octanol–water partition coefficient (Wildman–Crippen LogP) is 4.79. The highest BCUT2D eigenvalue weighted by atomic mass is 16.3. The Hall–Kier alpha value is -1.60. The topological polar surface area (TPSA) is 20.2 Å². The quantitative estimate of drug-likeness (QED) is 0.860. The molecular weight excluding hydrogens is 268 g/mol. The molecule has 0 spiro atoms. The number of aryl methyl sites for hydroxylation is 1. The van der Waals surface area contributed by atoms with Crippen molar-refractivity contribution in [1.82, 2.24) is 0 Å². The van der Waals surface area contributed by atoms with Gasteiger partial charge < -0.3 is 5.11 Å². The first-order valence-corrected chi connectivity index (χ1v) is 8.02. The molecule has 0 aliphatic heterocycles. The van der Waals surface area contributed by atoms with Crippen LogP contribution in [0, 0.1) is 6.92 Å². The lowest BCUT2D eigenvalue weighted by atomic mass is 9.77. The van der Waals surface area contributed by atoms with Crippen molar-refractivity contribution in [2.45, 2.75) is 51.9 Å². The summed E-state index contributed by atoms with van der Waals surface area (Å²) in [6.45, 7) is 11.1. The van der Waals surface area contributed by atoms with Gasteiger partial charge in [0.05, 0.1) is 6.61 Å². The van der Waals surface area contributed by atoms with Crippen LogP contribution in [-0.2, 0) is 17.3 Å². The standard InChI is InChI=1S/C21H28O/c1-16-7-6-8-19(13-16)21(5,15-22)14-17-9-11-18(12-10-17)20(2,3)4/h6-13,22H,14-15H2,1-5H3. The zero-order valence-electron chi connectivity index (χ0n) is 14.5. The Balaban J connectivity index is 2.26. The number of aliphatic hydroxyl groups excluding tert-OH is 1. The lowest BCUT2D eigenvalue weighted by Gasteiger charge is -2.29. The molecule has 0 aromatic heterocycles. The maximum atomic E-state index is 9.97. The summed E-state index contributed by atoms with van der Waals surface area (Å²) in [6.07, 6.45) is 0.845. The minimum atomic E-state index is -0.241. The van der Waals surface area contributed by atoms with Crippen LogP contribution in [0.25, 0.3) is 0 Å². The Bertz CT molecular complexity index is 619. The third-order valence-corrected chi connectivity index (χ3v) is 4.48. The van der Waals surface area contributed by atoms with Gasteiger partial charge in [0, 0.05) is 5.41 Å². The minimum absolute atomic E-state index is 0.150. The summed E-state index contributed by atoms with van der Waals surface area (Å²) in [5.74, 6) is 0. The highest BCUT2D eigenvalue weighted by Gasteiger charge is 2.26. The third-order valence-electron chi connectivity index (χ3n) is 4.48. The maximum Gasteiger partial charge on any atom is 0.0528 e. The van der Waals surface area contributed by atoms with Crippen molar-refractivity contribution in [3.05, 3.63) is 70.8 Å². The number of hydrogen-bond acceptors (Lipinski definition) is 1. The van der Waals surface area contributed by atoms with E-state index in [0.29, 0.717) is 0 Å². The monoisotopic (exact) mass is 296 g/mol. The Morgan fingerprint density at radius 2 is 1.50 bits per heavy atom. The fourth-order valence-corrected chi connectivity index (χ4v) is 2.84. The van der Waals surface area contributed by atoms with Gasteiger partial charge in [0.1, 0.15) is 0 Å². The van der Waals surface area contributed by atoms with Crippen LogP contribution in [0.15, 0.2) is 48.5 Å². The smallest absolute Gasteiger partial charge is 0.0528 e. The lowest BCUT2D eigenvalue weighted by molar-refractivity contribution is 0.204. The summed E-state index contributed by atoms with van der Waals surface area (Å²) in [4.78, 5) is 0. The molecule has 2 rings (SSSR count). The van der Waals surface area contributed by atoms with Gasteiger partial charge in [-0.3, -0.25) is 0 Å². The molecular formula is C21H28O. The average Bonchev–Trinajstić information content (AvgIpc) is 2.47. The van der Waals surface area contributed by atoms with Crippen LogP contribution in [0.3, 0.4) is 0 Å². The van der Waals surface area contributed by atoms with E-state index in [4.69, 9.17) is 0 Å². The Morgan fingerprint density at radius 1 is 0.864 bits per heavy atom. The summed E-state index contributed by atoms with van der Waals surface area (Å²) in [5.41, 5.74) is 4.99. The first kappa shape index (κ1) is 16.8. The van der Waals surface area contributed by atoms with Gasteiger partial charge in [-0.25, -0.2) is 0 Å². The molecule has 0 aliphatic rings. The lowest BCUT2D eigenvalue weighted by Crippen LogP contribution is -2.29. The van der Waals surface area contributed by atoms with Gasteiger partial charge >= 0.3 is 0 Å². The SMILES string of the molecule is Cc1cccc(C(C)(CO)Cc2ccc(C(C)(C)C)cc2)c1. The van der Waals surface area contributed by atoms with E-state index in [1.807, 2.05) is 0 Å². The molecule has 2 aromatic rings. The van der Waals surface area contributed by atoms with E-state index in [1.54, 1.807) is 0 Å². The van der Waals surface area contributed by atoms with Gasteiger partial charge in [-0.1, -0.05) is 81.8 Å². The molecule has 1 N–H and O–H groups in total. The van der Waals surface area contributed by atoms with Gasteiger partial charge in [-0.2, -0.15) is 0 Å². The second kappa shape index (κ2) is 6.26.